The van der Waals surface area contributed by atoms with Gasteiger partial charge in [0.25, 0.3) is 5.91 Å². The summed E-state index contributed by atoms with van der Waals surface area (Å²) in [7, 11) is 0. The second kappa shape index (κ2) is 10.4. The van der Waals surface area contributed by atoms with E-state index in [1.807, 2.05) is 44.2 Å². The monoisotopic (exact) mass is 396 g/mol. The number of nitrogens with one attached hydrogen (secondary N) is 2. The summed E-state index contributed by atoms with van der Waals surface area (Å²) in [6.07, 6.45) is -0.122. The molecule has 0 unspecified atom stereocenters. The standard InChI is InChI=1S/C23H28N2O4/c1-5-15(2)21(18-9-7-6-8-10-18)23(28)29-16(3)22(27)25-20-13-11-19(12-14-20)24-17(4)26/h6-16,21H,5H2,1-4H3,(H,24,26)(H,25,27)/t15-,16+,21+/m1/s1. The summed E-state index contributed by atoms with van der Waals surface area (Å²) in [5.41, 5.74) is 2.07. The molecular formula is C23H28N2O4. The molecule has 29 heavy (non-hydrogen) atoms. The smallest absolute Gasteiger partial charge is 0.314 e. The second-order valence-corrected chi connectivity index (χ2v) is 7.10. The molecule has 0 radical (unpaired) electrons. The molecule has 154 valence electrons. The van der Waals surface area contributed by atoms with Gasteiger partial charge in [0.15, 0.2) is 6.10 Å². The molecule has 0 aliphatic carbocycles. The van der Waals surface area contributed by atoms with E-state index < -0.39 is 23.9 Å². The van der Waals surface area contributed by atoms with Crippen molar-refractivity contribution in [2.75, 3.05) is 10.6 Å². The van der Waals surface area contributed by atoms with Gasteiger partial charge >= 0.3 is 5.97 Å². The Morgan fingerprint density at radius 2 is 1.45 bits per heavy atom. The van der Waals surface area contributed by atoms with Crippen LogP contribution in [-0.4, -0.2) is 23.9 Å². The molecule has 0 bridgehead atoms. The lowest BCUT2D eigenvalue weighted by atomic mass is 9.85. The average Bonchev–Trinajstić information content (AvgIpc) is 2.69. The number of hydrogen-bond acceptors (Lipinski definition) is 4. The zero-order valence-electron chi connectivity index (χ0n) is 17.3. The first-order valence-corrected chi connectivity index (χ1v) is 9.75. The average molecular weight is 396 g/mol. The minimum atomic E-state index is -0.937. The van der Waals surface area contributed by atoms with Crippen molar-refractivity contribution in [1.29, 1.82) is 0 Å². The van der Waals surface area contributed by atoms with E-state index in [0.717, 1.165) is 12.0 Å². The first kappa shape index (κ1) is 22.1. The van der Waals surface area contributed by atoms with Crippen LogP contribution in [0.3, 0.4) is 0 Å². The Kier molecular flexibility index (Phi) is 7.95. The van der Waals surface area contributed by atoms with Crippen molar-refractivity contribution in [3.63, 3.8) is 0 Å². The molecule has 2 aromatic carbocycles. The zero-order valence-corrected chi connectivity index (χ0v) is 17.3. The molecule has 2 rings (SSSR count). The first-order valence-electron chi connectivity index (χ1n) is 9.75. The summed E-state index contributed by atoms with van der Waals surface area (Å²) in [5.74, 6) is -1.33. The van der Waals surface area contributed by atoms with Gasteiger partial charge in [-0.2, -0.15) is 0 Å². The van der Waals surface area contributed by atoms with Gasteiger partial charge in [-0.25, -0.2) is 0 Å². The first-order chi connectivity index (χ1) is 13.8. The molecule has 0 aliphatic rings. The van der Waals surface area contributed by atoms with E-state index in [1.54, 1.807) is 31.2 Å². The minimum absolute atomic E-state index is 0.0847. The molecule has 2 aromatic rings. The Hall–Kier alpha value is -3.15. The number of carbonyl (C=O) groups excluding carboxylic acids is 3. The van der Waals surface area contributed by atoms with E-state index in [9.17, 15) is 14.4 Å². The molecule has 2 amide bonds. The maximum absolute atomic E-state index is 12.8. The Bertz CT molecular complexity index is 834. The van der Waals surface area contributed by atoms with Crippen molar-refractivity contribution in [3.8, 4) is 0 Å². The van der Waals surface area contributed by atoms with Crippen molar-refractivity contribution in [3.05, 3.63) is 60.2 Å². The fourth-order valence-corrected chi connectivity index (χ4v) is 2.98. The molecule has 0 spiro atoms. The number of ether oxygens (including phenoxy) is 1. The highest BCUT2D eigenvalue weighted by Gasteiger charge is 2.30. The van der Waals surface area contributed by atoms with Crippen LogP contribution in [0.4, 0.5) is 11.4 Å². The maximum Gasteiger partial charge on any atom is 0.314 e. The van der Waals surface area contributed by atoms with Crippen LogP contribution in [-0.2, 0) is 19.1 Å². The van der Waals surface area contributed by atoms with Crippen LogP contribution in [0.5, 0.6) is 0 Å². The van der Waals surface area contributed by atoms with Gasteiger partial charge < -0.3 is 15.4 Å². The van der Waals surface area contributed by atoms with Crippen molar-refractivity contribution in [2.24, 2.45) is 5.92 Å². The molecular weight excluding hydrogens is 368 g/mol. The lowest BCUT2D eigenvalue weighted by molar-refractivity contribution is -0.155. The van der Waals surface area contributed by atoms with Crippen LogP contribution >= 0.6 is 0 Å². The van der Waals surface area contributed by atoms with E-state index in [2.05, 4.69) is 10.6 Å². The van der Waals surface area contributed by atoms with Crippen LogP contribution in [0.2, 0.25) is 0 Å². The van der Waals surface area contributed by atoms with Gasteiger partial charge in [0.2, 0.25) is 5.91 Å². The van der Waals surface area contributed by atoms with E-state index in [1.165, 1.54) is 6.92 Å². The lowest BCUT2D eigenvalue weighted by Gasteiger charge is -2.24. The van der Waals surface area contributed by atoms with Gasteiger partial charge in [0.1, 0.15) is 0 Å². The van der Waals surface area contributed by atoms with Crippen LogP contribution in [0.15, 0.2) is 54.6 Å². The molecule has 0 aromatic heterocycles. The van der Waals surface area contributed by atoms with Gasteiger partial charge in [-0.05, 0) is 42.7 Å². The molecule has 0 aliphatic heterocycles. The Balaban J connectivity index is 2.01. The molecule has 0 fully saturated rings. The predicted octanol–water partition coefficient (Wildman–Crippen LogP) is 4.35. The van der Waals surface area contributed by atoms with Crippen LogP contribution in [0, 0.1) is 5.92 Å². The quantitative estimate of drug-likeness (QED) is 0.650. The summed E-state index contributed by atoms with van der Waals surface area (Å²) in [6, 6.07) is 16.2. The third-order valence-corrected chi connectivity index (χ3v) is 4.76. The Morgan fingerprint density at radius 3 is 1.97 bits per heavy atom. The number of anilines is 2. The normalized spacial score (nSPS) is 13.7. The number of rotatable bonds is 8. The highest BCUT2D eigenvalue weighted by molar-refractivity contribution is 5.96. The molecule has 3 atom stereocenters. The number of hydrogen-bond donors (Lipinski definition) is 2. The zero-order chi connectivity index (χ0) is 21.4. The van der Waals surface area contributed by atoms with Gasteiger partial charge in [0.05, 0.1) is 5.92 Å². The fraction of sp³-hybridized carbons (Fsp3) is 0.348. The van der Waals surface area contributed by atoms with Crippen molar-refractivity contribution < 1.29 is 19.1 Å². The van der Waals surface area contributed by atoms with Gasteiger partial charge in [-0.15, -0.1) is 0 Å². The summed E-state index contributed by atoms with van der Waals surface area (Å²) in [4.78, 5) is 36.3. The van der Waals surface area contributed by atoms with Gasteiger partial charge in [-0.3, -0.25) is 14.4 Å². The SMILES string of the molecule is CC[C@@H](C)[C@H](C(=O)O[C@@H](C)C(=O)Nc1ccc(NC(C)=O)cc1)c1ccccc1. The van der Waals surface area contributed by atoms with Crippen LogP contribution in [0.1, 0.15) is 45.6 Å². The summed E-state index contributed by atoms with van der Waals surface area (Å²) < 4.78 is 5.49. The van der Waals surface area contributed by atoms with Crippen molar-refractivity contribution in [2.45, 2.75) is 46.1 Å². The molecule has 6 heteroatoms. The number of carbonyl (C=O) groups is 3. The Morgan fingerprint density at radius 1 is 0.897 bits per heavy atom. The lowest BCUT2D eigenvalue weighted by Crippen LogP contribution is -2.33. The van der Waals surface area contributed by atoms with E-state index >= 15 is 0 Å². The second-order valence-electron chi connectivity index (χ2n) is 7.10. The van der Waals surface area contributed by atoms with Crippen molar-refractivity contribution in [1.82, 2.24) is 0 Å². The third kappa shape index (κ3) is 6.45. The summed E-state index contributed by atoms with van der Waals surface area (Å²) >= 11 is 0. The van der Waals surface area contributed by atoms with Crippen molar-refractivity contribution >= 4 is 29.2 Å². The molecule has 0 heterocycles. The molecule has 2 N–H and O–H groups in total. The predicted molar refractivity (Wildman–Crippen MR) is 114 cm³/mol. The van der Waals surface area contributed by atoms with Gasteiger partial charge in [0, 0.05) is 18.3 Å². The molecule has 0 saturated heterocycles. The van der Waals surface area contributed by atoms with E-state index in [4.69, 9.17) is 4.74 Å². The summed E-state index contributed by atoms with van der Waals surface area (Å²) in [5, 5.41) is 5.38. The molecule has 0 saturated carbocycles. The maximum atomic E-state index is 12.8. The largest absolute Gasteiger partial charge is 0.452 e. The van der Waals surface area contributed by atoms with Crippen LogP contribution < -0.4 is 10.6 Å². The third-order valence-electron chi connectivity index (χ3n) is 4.76. The fourth-order valence-electron chi connectivity index (χ4n) is 2.98. The number of amides is 2. The van der Waals surface area contributed by atoms with E-state index in [0.29, 0.717) is 11.4 Å². The van der Waals surface area contributed by atoms with Gasteiger partial charge in [-0.1, -0.05) is 50.6 Å². The Labute approximate surface area is 171 Å². The molecule has 6 nitrogen and oxygen atoms in total. The van der Waals surface area contributed by atoms with Crippen LogP contribution in [0.25, 0.3) is 0 Å². The van der Waals surface area contributed by atoms with E-state index in [-0.39, 0.29) is 11.8 Å². The number of benzene rings is 2. The number of esters is 1. The summed E-state index contributed by atoms with van der Waals surface area (Å²) in [6.45, 7) is 7.00. The minimum Gasteiger partial charge on any atom is -0.452 e. The highest BCUT2D eigenvalue weighted by Crippen LogP contribution is 2.28. The highest BCUT2D eigenvalue weighted by atomic mass is 16.5. The topological polar surface area (TPSA) is 84.5 Å².